The Morgan fingerprint density at radius 1 is 0.921 bits per heavy atom. The number of amides is 2. The third-order valence-corrected chi connectivity index (χ3v) is 7.71. The molecule has 0 aliphatic rings. The van der Waals surface area contributed by atoms with Crippen LogP contribution < -0.4 is 15.4 Å². The molecule has 0 saturated carbocycles. The maximum Gasteiger partial charge on any atom is 0.255 e. The summed E-state index contributed by atoms with van der Waals surface area (Å²) in [6.07, 6.45) is 2.68. The number of phenols is 1. The van der Waals surface area contributed by atoms with E-state index in [0.29, 0.717) is 36.0 Å². The second-order valence-electron chi connectivity index (χ2n) is 11.2. The lowest BCUT2D eigenvalue weighted by Gasteiger charge is -2.30. The Kier molecular flexibility index (Phi) is 9.08. The molecule has 6 nitrogen and oxygen atoms in total. The highest BCUT2D eigenvalue weighted by Gasteiger charge is 2.26. The molecule has 0 unspecified atom stereocenters. The summed E-state index contributed by atoms with van der Waals surface area (Å²) in [7, 11) is 0. The monoisotopic (exact) mass is 518 g/mol. The van der Waals surface area contributed by atoms with E-state index in [1.54, 1.807) is 30.3 Å². The van der Waals surface area contributed by atoms with E-state index in [0.717, 1.165) is 18.6 Å². The van der Waals surface area contributed by atoms with E-state index in [4.69, 9.17) is 4.74 Å². The van der Waals surface area contributed by atoms with Crippen molar-refractivity contribution in [2.45, 2.75) is 78.6 Å². The van der Waals surface area contributed by atoms with Gasteiger partial charge in [0.1, 0.15) is 11.5 Å². The Morgan fingerprint density at radius 3 is 2.29 bits per heavy atom. The highest BCUT2D eigenvalue weighted by molar-refractivity contribution is 6.08. The van der Waals surface area contributed by atoms with E-state index in [2.05, 4.69) is 70.4 Å². The minimum atomic E-state index is -0.353. The van der Waals surface area contributed by atoms with Crippen LogP contribution in [0.1, 0.15) is 89.2 Å². The van der Waals surface area contributed by atoms with Crippen molar-refractivity contribution >= 4 is 28.3 Å². The fraction of sp³-hybridized carbons (Fsp3) is 0.438. The van der Waals surface area contributed by atoms with Crippen molar-refractivity contribution < 1.29 is 19.4 Å². The zero-order valence-corrected chi connectivity index (χ0v) is 23.8. The molecule has 0 atom stereocenters. The third kappa shape index (κ3) is 6.47. The number of rotatable bonds is 11. The van der Waals surface area contributed by atoms with E-state index in [9.17, 15) is 14.7 Å². The molecule has 3 N–H and O–H groups in total. The van der Waals surface area contributed by atoms with Gasteiger partial charge in [-0.25, -0.2) is 0 Å². The Labute approximate surface area is 226 Å². The summed E-state index contributed by atoms with van der Waals surface area (Å²) in [5, 5.41) is 17.6. The smallest absolute Gasteiger partial charge is 0.255 e. The molecule has 204 valence electrons. The number of benzene rings is 3. The molecule has 0 bridgehead atoms. The summed E-state index contributed by atoms with van der Waals surface area (Å²) >= 11 is 0. The van der Waals surface area contributed by atoms with Crippen molar-refractivity contribution in [2.75, 3.05) is 18.5 Å². The first-order valence-electron chi connectivity index (χ1n) is 13.5. The van der Waals surface area contributed by atoms with Crippen LogP contribution in [0.4, 0.5) is 5.69 Å². The maximum atomic E-state index is 12.8. The lowest BCUT2D eigenvalue weighted by molar-refractivity contribution is -0.114. The number of carbonyl (C=O) groups excluding carboxylic acids is 2. The van der Waals surface area contributed by atoms with Crippen LogP contribution in [0.2, 0.25) is 0 Å². The molecule has 0 aromatic heterocycles. The van der Waals surface area contributed by atoms with Gasteiger partial charge in [-0.3, -0.25) is 9.59 Å². The quantitative estimate of drug-likeness (QED) is 0.237. The van der Waals surface area contributed by atoms with Gasteiger partial charge >= 0.3 is 0 Å². The third-order valence-electron chi connectivity index (χ3n) is 7.71. The Balaban J connectivity index is 1.65. The van der Waals surface area contributed by atoms with Crippen molar-refractivity contribution in [2.24, 2.45) is 0 Å². The van der Waals surface area contributed by atoms with Gasteiger partial charge in [-0.15, -0.1) is 0 Å². The van der Waals surface area contributed by atoms with E-state index < -0.39 is 0 Å². The summed E-state index contributed by atoms with van der Waals surface area (Å²) in [5.74, 6) is 0.228. The van der Waals surface area contributed by atoms with Gasteiger partial charge in [0.05, 0.1) is 12.2 Å². The molecule has 6 heteroatoms. The number of hydrogen-bond donors (Lipinski definition) is 3. The molecular formula is C32H42N2O4. The van der Waals surface area contributed by atoms with E-state index in [1.165, 1.54) is 18.1 Å². The fourth-order valence-electron chi connectivity index (χ4n) is 4.38. The van der Waals surface area contributed by atoms with Crippen LogP contribution in [0.5, 0.6) is 11.5 Å². The molecule has 3 rings (SSSR count). The minimum Gasteiger partial charge on any atom is -0.506 e. The van der Waals surface area contributed by atoms with Crippen LogP contribution in [-0.2, 0) is 15.6 Å². The average Bonchev–Trinajstić information content (AvgIpc) is 2.88. The Hall–Kier alpha value is -3.54. The second kappa shape index (κ2) is 11.9. The molecular weight excluding hydrogens is 476 g/mol. The summed E-state index contributed by atoms with van der Waals surface area (Å²) in [6, 6.07) is 15.1. The zero-order chi connectivity index (χ0) is 28.1. The highest BCUT2D eigenvalue weighted by Crippen LogP contribution is 2.38. The van der Waals surface area contributed by atoms with Crippen LogP contribution in [0, 0.1) is 0 Å². The first-order chi connectivity index (χ1) is 17.9. The summed E-state index contributed by atoms with van der Waals surface area (Å²) < 4.78 is 6.21. The molecule has 0 spiro atoms. The maximum absolute atomic E-state index is 12.8. The number of aromatic hydroxyl groups is 1. The molecule has 38 heavy (non-hydrogen) atoms. The van der Waals surface area contributed by atoms with E-state index in [-0.39, 0.29) is 34.0 Å². The van der Waals surface area contributed by atoms with Gasteiger partial charge in [0, 0.05) is 35.5 Å². The van der Waals surface area contributed by atoms with Gasteiger partial charge in [-0.2, -0.15) is 0 Å². The van der Waals surface area contributed by atoms with Crippen molar-refractivity contribution in [3.8, 4) is 11.5 Å². The number of anilines is 1. The standard InChI is InChI=1S/C32H42N2O4/c1-8-31(4,5)22-14-17-28(26(20-22)32(6,7)9-2)38-19-11-18-33-30(37)25-16-15-23-24(29(25)36)12-10-13-27(23)34-21(3)35/h10,12-17,20,36H,8-9,11,18-19H2,1-7H3,(H,33,37)(H,34,35). The lowest BCUT2D eigenvalue weighted by Crippen LogP contribution is -2.26. The number of fused-ring (bicyclic) bond motifs is 1. The molecule has 0 radical (unpaired) electrons. The summed E-state index contributed by atoms with van der Waals surface area (Å²) in [5.41, 5.74) is 3.39. The van der Waals surface area contributed by atoms with Crippen LogP contribution >= 0.6 is 0 Å². The van der Waals surface area contributed by atoms with Crippen molar-refractivity contribution in [1.82, 2.24) is 5.32 Å². The predicted octanol–water partition coefficient (Wildman–Crippen LogP) is 7.08. The summed E-state index contributed by atoms with van der Waals surface area (Å²) in [4.78, 5) is 24.3. The molecule has 0 saturated heterocycles. The predicted molar refractivity (Wildman–Crippen MR) is 155 cm³/mol. The average molecular weight is 519 g/mol. The molecule has 2 amide bonds. The second-order valence-corrected chi connectivity index (χ2v) is 11.2. The van der Waals surface area contributed by atoms with Gasteiger partial charge in [-0.05, 0) is 53.9 Å². The largest absolute Gasteiger partial charge is 0.506 e. The van der Waals surface area contributed by atoms with E-state index >= 15 is 0 Å². The van der Waals surface area contributed by atoms with Gasteiger partial charge in [-0.1, -0.05) is 71.9 Å². The molecule has 0 aliphatic carbocycles. The minimum absolute atomic E-state index is 0.0171. The normalized spacial score (nSPS) is 11.9. The first kappa shape index (κ1) is 29.0. The molecule has 3 aromatic carbocycles. The lowest BCUT2D eigenvalue weighted by atomic mass is 9.76. The van der Waals surface area contributed by atoms with Crippen LogP contribution in [0.25, 0.3) is 10.8 Å². The highest BCUT2D eigenvalue weighted by atomic mass is 16.5. The van der Waals surface area contributed by atoms with Crippen LogP contribution in [0.15, 0.2) is 48.5 Å². The number of nitrogens with one attached hydrogen (secondary N) is 2. The van der Waals surface area contributed by atoms with Gasteiger partial charge in [0.15, 0.2) is 0 Å². The molecule has 0 fully saturated rings. The van der Waals surface area contributed by atoms with Crippen LogP contribution in [0.3, 0.4) is 0 Å². The zero-order valence-electron chi connectivity index (χ0n) is 23.8. The fourth-order valence-corrected chi connectivity index (χ4v) is 4.38. The topological polar surface area (TPSA) is 87.7 Å². The Bertz CT molecular complexity index is 1310. The van der Waals surface area contributed by atoms with Gasteiger partial charge < -0.3 is 20.5 Å². The summed E-state index contributed by atoms with van der Waals surface area (Å²) in [6.45, 7) is 15.7. The van der Waals surface area contributed by atoms with E-state index in [1.807, 2.05) is 0 Å². The Morgan fingerprint density at radius 2 is 1.63 bits per heavy atom. The first-order valence-corrected chi connectivity index (χ1v) is 13.5. The number of carbonyl (C=O) groups is 2. The number of hydrogen-bond acceptors (Lipinski definition) is 4. The molecule has 3 aromatic rings. The van der Waals surface area contributed by atoms with Crippen molar-refractivity contribution in [3.05, 3.63) is 65.2 Å². The number of ether oxygens (including phenoxy) is 1. The van der Waals surface area contributed by atoms with Gasteiger partial charge in [0.2, 0.25) is 5.91 Å². The van der Waals surface area contributed by atoms with Crippen LogP contribution in [-0.4, -0.2) is 30.1 Å². The van der Waals surface area contributed by atoms with Gasteiger partial charge in [0.25, 0.3) is 5.91 Å². The SMILES string of the molecule is CCC(C)(C)c1ccc(OCCCNC(=O)c2ccc3c(NC(C)=O)cccc3c2O)c(C(C)(C)CC)c1. The van der Waals surface area contributed by atoms with Crippen molar-refractivity contribution in [1.29, 1.82) is 0 Å². The molecule has 0 aliphatic heterocycles. The number of phenolic OH excluding ortho intramolecular Hbond substituents is 1. The van der Waals surface area contributed by atoms with Crippen molar-refractivity contribution in [3.63, 3.8) is 0 Å². The molecule has 0 heterocycles.